The van der Waals surface area contributed by atoms with E-state index in [0.717, 1.165) is 12.0 Å². The predicted octanol–water partition coefficient (Wildman–Crippen LogP) is 9.73. The van der Waals surface area contributed by atoms with Crippen LogP contribution in [0.5, 0.6) is 17.2 Å². The maximum Gasteiger partial charge on any atom is 0.340 e. The number of aryl methyl sites for hydroxylation is 1. The van der Waals surface area contributed by atoms with Gasteiger partial charge in [-0.05, 0) is 122 Å². The van der Waals surface area contributed by atoms with Crippen molar-refractivity contribution in [2.45, 2.75) is 118 Å². The third-order valence-corrected chi connectivity index (χ3v) is 13.7. The van der Waals surface area contributed by atoms with E-state index in [-0.39, 0.29) is 48.3 Å². The van der Waals surface area contributed by atoms with Crippen molar-refractivity contribution in [1.29, 1.82) is 0 Å². The first-order valence-electron chi connectivity index (χ1n) is 22.7. The van der Waals surface area contributed by atoms with Gasteiger partial charge in [0.2, 0.25) is 12.5 Å². The molecule has 3 aromatic rings. The average molecular weight is 884 g/mol. The molecule has 3 aromatic carbocycles. The van der Waals surface area contributed by atoms with E-state index in [4.69, 9.17) is 31.2 Å². The van der Waals surface area contributed by atoms with Gasteiger partial charge in [-0.2, -0.15) is 0 Å². The lowest BCUT2D eigenvalue weighted by Gasteiger charge is -2.41. The van der Waals surface area contributed by atoms with Gasteiger partial charge in [-0.1, -0.05) is 31.5 Å². The fourth-order valence-electron chi connectivity index (χ4n) is 8.20. The highest BCUT2D eigenvalue weighted by molar-refractivity contribution is 7.44. The Bertz CT molecular complexity index is 2240. The van der Waals surface area contributed by atoms with Crippen LogP contribution in [0.2, 0.25) is 0 Å². The lowest BCUT2D eigenvalue weighted by molar-refractivity contribution is -0.143. The van der Waals surface area contributed by atoms with Crippen molar-refractivity contribution in [3.05, 3.63) is 99.4 Å². The second-order valence-electron chi connectivity index (χ2n) is 18.5. The van der Waals surface area contributed by atoms with E-state index in [9.17, 15) is 19.2 Å². The van der Waals surface area contributed by atoms with E-state index in [1.54, 1.807) is 57.2 Å². The van der Waals surface area contributed by atoms with Crippen LogP contribution < -0.4 is 14.8 Å². The molecule has 1 spiro atoms. The molecule has 0 saturated carbocycles. The maximum atomic E-state index is 13.7. The minimum Gasteiger partial charge on any atom is -0.456 e. The van der Waals surface area contributed by atoms with Crippen molar-refractivity contribution < 1.29 is 43.8 Å². The molecule has 1 fully saturated rings. The molecule has 2 unspecified atom stereocenters. The molecular weight excluding hydrogens is 820 g/mol. The van der Waals surface area contributed by atoms with Gasteiger partial charge in [0.1, 0.15) is 23.9 Å². The zero-order valence-electron chi connectivity index (χ0n) is 39.0. The number of benzene rings is 3. The van der Waals surface area contributed by atoms with Crippen LogP contribution in [0.1, 0.15) is 138 Å². The van der Waals surface area contributed by atoms with E-state index in [1.807, 2.05) is 30.0 Å². The molecule has 0 bridgehead atoms. The first-order valence-corrected chi connectivity index (χ1v) is 23.1. The van der Waals surface area contributed by atoms with Crippen molar-refractivity contribution in [1.82, 2.24) is 14.9 Å². The Morgan fingerprint density at radius 3 is 2.30 bits per heavy atom. The number of fused-ring (bicyclic) bond motifs is 6. The Labute approximate surface area is 375 Å². The number of ether oxygens (including phenoxy) is 3. The summed E-state index contributed by atoms with van der Waals surface area (Å²) in [5, 5.41) is 2.96. The molecule has 2 amide bonds. The monoisotopic (exact) mass is 883 g/mol. The number of carbonyl (C=O) groups excluding carboxylic acids is 4. The number of amides is 2. The fraction of sp³-hybridized carbons (Fsp3) is 0.531. The van der Waals surface area contributed by atoms with E-state index in [1.165, 1.54) is 0 Å². The number of hydrogen-bond acceptors (Lipinski definition) is 10. The van der Waals surface area contributed by atoms with Crippen molar-refractivity contribution in [2.75, 3.05) is 39.4 Å². The summed E-state index contributed by atoms with van der Waals surface area (Å²) in [5.41, 5.74) is 0.896. The van der Waals surface area contributed by atoms with E-state index >= 15 is 0 Å². The summed E-state index contributed by atoms with van der Waals surface area (Å²) in [6.07, 6.45) is 3.88. The van der Waals surface area contributed by atoms with Gasteiger partial charge in [-0.3, -0.25) is 14.4 Å². The molecule has 3 aliphatic heterocycles. The van der Waals surface area contributed by atoms with Crippen LogP contribution in [-0.4, -0.2) is 84.8 Å². The minimum absolute atomic E-state index is 0.0937. The Morgan fingerprint density at radius 2 is 1.63 bits per heavy atom. The van der Waals surface area contributed by atoms with Crippen LogP contribution in [0.4, 0.5) is 0 Å². The quantitative estimate of drug-likeness (QED) is 0.0459. The molecule has 0 aliphatic carbocycles. The zero-order valence-corrected chi connectivity index (χ0v) is 38.9. The van der Waals surface area contributed by atoms with Gasteiger partial charge in [0.05, 0.1) is 17.6 Å². The van der Waals surface area contributed by atoms with Gasteiger partial charge in [-0.15, -0.1) is 0 Å². The average Bonchev–Trinajstić information content (AvgIpc) is 3.54. The molecule has 6 rings (SSSR count). The van der Waals surface area contributed by atoms with Crippen LogP contribution >= 0.6 is 8.53 Å². The number of nitrogens with zero attached hydrogens (tertiary/aromatic N) is 3. The molecule has 3 aliphatic rings. The summed E-state index contributed by atoms with van der Waals surface area (Å²) in [7, 11) is -1.39. The lowest BCUT2D eigenvalue weighted by Crippen LogP contribution is -2.44. The molecular formula is C49H63N4O9P. The third-order valence-electron chi connectivity index (χ3n) is 11.7. The smallest absolute Gasteiger partial charge is 0.340 e. The van der Waals surface area contributed by atoms with Crippen molar-refractivity contribution >= 4 is 32.3 Å². The highest BCUT2D eigenvalue weighted by Gasteiger charge is 2.54. The van der Waals surface area contributed by atoms with Gasteiger partial charge in [0.25, 0.3) is 14.4 Å². The standard InChI is InChI=1S/C49H63N4O9P/c1-32(2)53(33(3)4)63(58-27-24-50-10)59-31-48(9)21-25-52(26-22-48)43(54)14-12-11-13-23-51-44(55)35-16-19-38-37(29-35)45(56)62-49(38)39-18-15-34(5)28-41(39)61-42-30-36(17-20-40(42)49)60-46(57)47(6,7)8/h15-20,28-30,32-33H,11-14,21-27,31H2,1-9H3,(H,51,55)/i9D. The van der Waals surface area contributed by atoms with Gasteiger partial charge in [0, 0.05) is 67.8 Å². The molecule has 338 valence electrons. The maximum absolute atomic E-state index is 13.7. The summed E-state index contributed by atoms with van der Waals surface area (Å²) < 4.78 is 41.4. The van der Waals surface area contributed by atoms with Crippen LogP contribution in [0.3, 0.4) is 0 Å². The van der Waals surface area contributed by atoms with E-state index < -0.39 is 31.5 Å². The van der Waals surface area contributed by atoms with Gasteiger partial charge in [-0.25, -0.2) is 16.0 Å². The highest BCUT2D eigenvalue weighted by atomic mass is 31.2. The number of esters is 2. The minimum atomic E-state index is -1.39. The Morgan fingerprint density at radius 1 is 0.952 bits per heavy atom. The predicted molar refractivity (Wildman–Crippen MR) is 242 cm³/mol. The van der Waals surface area contributed by atoms with E-state index in [2.05, 4.69) is 42.5 Å². The highest BCUT2D eigenvalue weighted by Crippen LogP contribution is 2.57. The van der Waals surface area contributed by atoms with Gasteiger partial charge >= 0.3 is 11.9 Å². The number of carbonyl (C=O) groups is 4. The molecule has 3 heterocycles. The third kappa shape index (κ3) is 10.7. The molecule has 0 radical (unpaired) electrons. The first kappa shape index (κ1) is 46.1. The van der Waals surface area contributed by atoms with Crippen LogP contribution in [-0.2, 0) is 29.0 Å². The number of rotatable bonds is 17. The second kappa shape index (κ2) is 19.9. The fourth-order valence-corrected chi connectivity index (χ4v) is 9.91. The Hall–Kier alpha value is -4.86. The molecule has 2 atom stereocenters. The van der Waals surface area contributed by atoms with E-state index in [0.29, 0.717) is 104 Å². The molecule has 1 saturated heterocycles. The van der Waals surface area contributed by atoms with Gasteiger partial charge in [0.15, 0.2) is 5.60 Å². The normalized spacial score (nSPS) is 18.2. The largest absolute Gasteiger partial charge is 0.456 e. The Kier molecular flexibility index (Phi) is 14.6. The summed E-state index contributed by atoms with van der Waals surface area (Å²) in [6.45, 7) is 25.5. The van der Waals surface area contributed by atoms with Crippen molar-refractivity contribution in [3.8, 4) is 17.2 Å². The molecule has 1 N–H and O–H groups in total. The summed E-state index contributed by atoms with van der Waals surface area (Å²) in [5.74, 6) is -0.00364. The number of likely N-dealkylation sites (tertiary alicyclic amines) is 1. The molecule has 0 aromatic heterocycles. The number of nitrogens with one attached hydrogen (secondary N) is 1. The number of hydrogen-bond donors (Lipinski definition) is 1. The topological polar surface area (TPSA) is 137 Å². The lowest BCUT2D eigenvalue weighted by atomic mass is 9.77. The SMILES string of the molecule is [2H]CC1(COP(OCC[N+]#[C-])N(C(C)C)C(C)C)CCN(C(=O)CCCCCNC(=O)c2ccc3c(c2)C(=O)OC32c3ccc(C)cc3Oc3cc(OC(=O)C(C)(C)C)ccc32)CC1. The summed E-state index contributed by atoms with van der Waals surface area (Å²) >= 11 is 0. The van der Waals surface area contributed by atoms with Crippen molar-refractivity contribution in [2.24, 2.45) is 10.8 Å². The van der Waals surface area contributed by atoms with Gasteiger partial charge < -0.3 is 38.3 Å². The summed E-state index contributed by atoms with van der Waals surface area (Å²) in [6, 6.07) is 16.1. The number of unbranched alkanes of at least 4 members (excludes halogenated alkanes) is 2. The molecule has 63 heavy (non-hydrogen) atoms. The van der Waals surface area contributed by atoms with Crippen LogP contribution in [0.15, 0.2) is 54.6 Å². The zero-order chi connectivity index (χ0) is 46.4. The molecule has 14 heteroatoms. The second-order valence-corrected chi connectivity index (χ2v) is 19.9. The molecule has 13 nitrogen and oxygen atoms in total. The first-order chi connectivity index (χ1) is 30.4. The van der Waals surface area contributed by atoms with Crippen molar-refractivity contribution in [3.63, 3.8) is 0 Å². The number of piperidine rings is 1. The Balaban J connectivity index is 1.01. The van der Waals surface area contributed by atoms with Crippen LogP contribution in [0, 0.1) is 24.3 Å². The van der Waals surface area contributed by atoms with Crippen LogP contribution in [0.25, 0.3) is 4.85 Å². The summed E-state index contributed by atoms with van der Waals surface area (Å²) in [4.78, 5) is 58.3.